The molecule has 2 rings (SSSR count). The fraction of sp³-hybridized carbons (Fsp3) is 0.214. The quantitative estimate of drug-likeness (QED) is 0.647. The molecule has 0 atom stereocenters. The van der Waals surface area contributed by atoms with Crippen molar-refractivity contribution in [2.45, 2.75) is 13.3 Å². The minimum absolute atomic E-state index is 0.0297. The number of pyridine rings is 1. The number of hydrogen-bond donors (Lipinski definition) is 1. The molecule has 0 spiro atoms. The van der Waals surface area contributed by atoms with Gasteiger partial charge >= 0.3 is 0 Å². The number of ether oxygens (including phenoxy) is 2. The lowest BCUT2D eigenvalue weighted by atomic mass is 10.3. The van der Waals surface area contributed by atoms with Crippen molar-refractivity contribution in [2.24, 2.45) is 0 Å². The maximum Gasteiger partial charge on any atom is 0.278 e. The van der Waals surface area contributed by atoms with E-state index in [9.17, 15) is 10.1 Å². The van der Waals surface area contributed by atoms with E-state index in [1.807, 2.05) is 6.92 Å². The Balaban J connectivity index is 2.12. The van der Waals surface area contributed by atoms with Gasteiger partial charge in [-0.3, -0.25) is 10.1 Å². The van der Waals surface area contributed by atoms with Crippen LogP contribution in [0.3, 0.4) is 0 Å². The standard InChI is InChI=1S/C14H15N3O4/c1-2-7-20-11-3-5-12(6-4-11)21-14-9-10(17(18)19)8-13(15)16-14/h3-6,8-9H,2,7H2,1H3,(H2,15,16). The number of anilines is 1. The lowest BCUT2D eigenvalue weighted by Crippen LogP contribution is -1.97. The zero-order valence-electron chi connectivity index (χ0n) is 11.5. The van der Waals surface area contributed by atoms with E-state index in [0.29, 0.717) is 12.4 Å². The van der Waals surface area contributed by atoms with Gasteiger partial charge in [0.15, 0.2) is 0 Å². The number of rotatable bonds is 6. The lowest BCUT2D eigenvalue weighted by molar-refractivity contribution is -0.384. The molecule has 0 fully saturated rings. The molecular formula is C14H15N3O4. The summed E-state index contributed by atoms with van der Waals surface area (Å²) in [6.45, 7) is 2.67. The van der Waals surface area contributed by atoms with Gasteiger partial charge in [-0.05, 0) is 30.7 Å². The fourth-order valence-corrected chi connectivity index (χ4v) is 1.61. The Bertz CT molecular complexity index is 629. The molecule has 2 aromatic rings. The molecule has 0 aliphatic carbocycles. The summed E-state index contributed by atoms with van der Waals surface area (Å²) in [5.74, 6) is 1.33. The molecule has 0 amide bonds. The van der Waals surface area contributed by atoms with Crippen LogP contribution < -0.4 is 15.2 Å². The first-order chi connectivity index (χ1) is 10.1. The average Bonchev–Trinajstić information content (AvgIpc) is 2.46. The maximum absolute atomic E-state index is 10.8. The first kappa shape index (κ1) is 14.6. The summed E-state index contributed by atoms with van der Waals surface area (Å²) in [6.07, 6.45) is 0.926. The van der Waals surface area contributed by atoms with Crippen molar-refractivity contribution in [1.82, 2.24) is 4.98 Å². The predicted molar refractivity (Wildman–Crippen MR) is 77.6 cm³/mol. The molecule has 1 heterocycles. The van der Waals surface area contributed by atoms with Gasteiger partial charge in [0.1, 0.15) is 17.3 Å². The highest BCUT2D eigenvalue weighted by atomic mass is 16.6. The average molecular weight is 289 g/mol. The second kappa shape index (κ2) is 6.56. The van der Waals surface area contributed by atoms with Crippen LogP contribution in [0.25, 0.3) is 0 Å². The molecule has 1 aromatic heterocycles. The summed E-state index contributed by atoms with van der Waals surface area (Å²) in [4.78, 5) is 14.1. The van der Waals surface area contributed by atoms with E-state index in [0.717, 1.165) is 12.2 Å². The fourth-order valence-electron chi connectivity index (χ4n) is 1.61. The third-order valence-electron chi connectivity index (χ3n) is 2.54. The molecular weight excluding hydrogens is 274 g/mol. The first-order valence-electron chi connectivity index (χ1n) is 6.41. The zero-order chi connectivity index (χ0) is 15.2. The van der Waals surface area contributed by atoms with Gasteiger partial charge in [-0.2, -0.15) is 4.98 Å². The Hall–Kier alpha value is -2.83. The highest BCUT2D eigenvalue weighted by molar-refractivity contribution is 5.46. The van der Waals surface area contributed by atoms with Crippen LogP contribution in [0.4, 0.5) is 11.5 Å². The number of nitrogen functional groups attached to an aromatic ring is 1. The van der Waals surface area contributed by atoms with Crippen LogP contribution in [0.2, 0.25) is 0 Å². The Labute approximate surface area is 121 Å². The van der Waals surface area contributed by atoms with E-state index in [2.05, 4.69) is 4.98 Å². The van der Waals surface area contributed by atoms with Crippen LogP contribution in [0.15, 0.2) is 36.4 Å². The second-order valence-electron chi connectivity index (χ2n) is 4.27. The minimum atomic E-state index is -0.549. The molecule has 0 unspecified atom stereocenters. The van der Waals surface area contributed by atoms with Gasteiger partial charge < -0.3 is 15.2 Å². The number of benzene rings is 1. The van der Waals surface area contributed by atoms with Gasteiger partial charge in [0.05, 0.1) is 23.7 Å². The molecule has 110 valence electrons. The molecule has 21 heavy (non-hydrogen) atoms. The molecule has 0 bridgehead atoms. The Kier molecular flexibility index (Phi) is 4.55. The molecule has 0 saturated heterocycles. The number of nitro groups is 1. The van der Waals surface area contributed by atoms with Gasteiger partial charge in [-0.1, -0.05) is 6.92 Å². The van der Waals surface area contributed by atoms with Gasteiger partial charge in [-0.15, -0.1) is 0 Å². The van der Waals surface area contributed by atoms with Crippen LogP contribution in [0.1, 0.15) is 13.3 Å². The molecule has 0 saturated carbocycles. The van der Waals surface area contributed by atoms with Crippen LogP contribution >= 0.6 is 0 Å². The molecule has 0 radical (unpaired) electrons. The van der Waals surface area contributed by atoms with Crippen molar-refractivity contribution in [3.63, 3.8) is 0 Å². The summed E-state index contributed by atoms with van der Waals surface area (Å²) >= 11 is 0. The number of hydrogen-bond acceptors (Lipinski definition) is 6. The van der Waals surface area contributed by atoms with E-state index in [1.54, 1.807) is 24.3 Å². The van der Waals surface area contributed by atoms with Gasteiger partial charge in [0, 0.05) is 0 Å². The Morgan fingerprint density at radius 2 is 1.90 bits per heavy atom. The van der Waals surface area contributed by atoms with Crippen molar-refractivity contribution in [3.8, 4) is 17.4 Å². The first-order valence-corrected chi connectivity index (χ1v) is 6.41. The normalized spacial score (nSPS) is 10.1. The molecule has 0 aliphatic heterocycles. The van der Waals surface area contributed by atoms with Gasteiger partial charge in [0.2, 0.25) is 5.88 Å². The van der Waals surface area contributed by atoms with E-state index in [-0.39, 0.29) is 17.4 Å². The largest absolute Gasteiger partial charge is 0.494 e. The zero-order valence-corrected chi connectivity index (χ0v) is 11.5. The molecule has 0 aliphatic rings. The van der Waals surface area contributed by atoms with Crippen molar-refractivity contribution in [3.05, 3.63) is 46.5 Å². The van der Waals surface area contributed by atoms with Crippen molar-refractivity contribution < 1.29 is 14.4 Å². The van der Waals surface area contributed by atoms with Gasteiger partial charge in [-0.25, -0.2) is 0 Å². The molecule has 7 heteroatoms. The second-order valence-corrected chi connectivity index (χ2v) is 4.27. The predicted octanol–water partition coefficient (Wildman–Crippen LogP) is 3.15. The summed E-state index contributed by atoms with van der Waals surface area (Å²) in [7, 11) is 0. The van der Waals surface area contributed by atoms with Crippen LogP contribution in [-0.2, 0) is 0 Å². The van der Waals surface area contributed by atoms with Crippen molar-refractivity contribution in [1.29, 1.82) is 0 Å². The van der Waals surface area contributed by atoms with E-state index in [4.69, 9.17) is 15.2 Å². The van der Waals surface area contributed by atoms with Crippen LogP contribution in [-0.4, -0.2) is 16.5 Å². The molecule has 2 N–H and O–H groups in total. The van der Waals surface area contributed by atoms with Crippen LogP contribution in [0.5, 0.6) is 17.4 Å². The Morgan fingerprint density at radius 1 is 1.24 bits per heavy atom. The van der Waals surface area contributed by atoms with E-state index >= 15 is 0 Å². The Morgan fingerprint density at radius 3 is 2.52 bits per heavy atom. The SMILES string of the molecule is CCCOc1ccc(Oc2cc([N+](=O)[O-])cc(N)n2)cc1. The van der Waals surface area contributed by atoms with Crippen molar-refractivity contribution >= 4 is 11.5 Å². The third-order valence-corrected chi connectivity index (χ3v) is 2.54. The highest BCUT2D eigenvalue weighted by Gasteiger charge is 2.11. The summed E-state index contributed by atoms with van der Waals surface area (Å²) in [6, 6.07) is 9.30. The summed E-state index contributed by atoms with van der Waals surface area (Å²) < 4.78 is 10.9. The number of nitrogens with two attached hydrogens (primary N) is 1. The van der Waals surface area contributed by atoms with Crippen molar-refractivity contribution in [2.75, 3.05) is 12.3 Å². The number of nitrogens with zero attached hydrogens (tertiary/aromatic N) is 2. The lowest BCUT2D eigenvalue weighted by Gasteiger charge is -2.07. The van der Waals surface area contributed by atoms with Crippen LogP contribution in [0, 0.1) is 10.1 Å². The minimum Gasteiger partial charge on any atom is -0.494 e. The smallest absolute Gasteiger partial charge is 0.278 e. The molecule has 7 nitrogen and oxygen atoms in total. The highest BCUT2D eigenvalue weighted by Crippen LogP contribution is 2.26. The monoisotopic (exact) mass is 289 g/mol. The maximum atomic E-state index is 10.8. The number of aromatic nitrogens is 1. The topological polar surface area (TPSA) is 101 Å². The van der Waals surface area contributed by atoms with E-state index < -0.39 is 4.92 Å². The van der Waals surface area contributed by atoms with E-state index in [1.165, 1.54) is 12.1 Å². The third kappa shape index (κ3) is 4.07. The molecule has 1 aromatic carbocycles. The summed E-state index contributed by atoms with van der Waals surface area (Å²) in [5.41, 5.74) is 5.35. The van der Waals surface area contributed by atoms with Gasteiger partial charge in [0.25, 0.3) is 5.69 Å². The summed E-state index contributed by atoms with van der Waals surface area (Å²) in [5, 5.41) is 10.8.